The molecule has 0 atom stereocenters. The molecule has 126 heavy (non-hydrogen) atoms. The van der Waals surface area contributed by atoms with Gasteiger partial charge < -0.3 is 71.1 Å². The number of rotatable bonds is 22. The first-order chi connectivity index (χ1) is 61.9. The molecule has 4 aliphatic rings. The van der Waals surface area contributed by atoms with E-state index in [0.29, 0.717) is 85.9 Å². The molecule has 0 saturated carbocycles. The molecular formula is C111H114O15. The van der Waals surface area contributed by atoms with E-state index < -0.39 is 28.9 Å². The molecule has 0 aromatic heterocycles. The van der Waals surface area contributed by atoms with Crippen LogP contribution in [0.25, 0.3) is 53.9 Å². The Bertz CT molecular complexity index is 5870. The van der Waals surface area contributed by atoms with Gasteiger partial charge in [-0.1, -0.05) is 317 Å². The van der Waals surface area contributed by atoms with Gasteiger partial charge in [-0.2, -0.15) is 0 Å². The Hall–Kier alpha value is -11.8. The van der Waals surface area contributed by atoms with Gasteiger partial charge in [-0.3, -0.25) is 0 Å². The van der Waals surface area contributed by atoms with Crippen molar-refractivity contribution in [2.24, 2.45) is 5.41 Å². The standard InChI is InChI=1S/C24H26O3.C23H24O3.C22H22O3.C21H20O3.C21H22O3/c1-4-25-21-15-14-18-10-8-9-13-20(18)22(21)24(19-11-6-5-7-12-19)26-16-23(2,3)17-27-24;1-2-24-21-15-14-18-10-6-7-13-20(18)22(21)23(19-11-4-3-5-12-19)25-16-8-9-17-26-23;1-2-23-20-14-13-17-9-6-7-12-19(17)21(20)22(24-15-8-16-25-22)18-10-4-3-5-11-18;1-2-22-19-13-12-16-8-6-7-11-18(16)20(19)21(23-14-15-24-21)17-9-4-3-5-10-17;1-4-24-19-15-14-16-10-8-9-13-18(16)20(19)21(22-2,23-3)17-11-6-5-7-12-17/h5-15H,4,16-17H2,1-3H3;3-7,10-15H,2,8-9,16-17H2,1H3;3-7,9-14H,2,8,15-16H2,1H3;3-13H,2,14-15H2,1H3;5-15H,4H2,1-3H3. The van der Waals surface area contributed by atoms with Crippen molar-refractivity contribution in [1.29, 1.82) is 0 Å². The number of benzene rings is 15. The first-order valence-corrected chi connectivity index (χ1v) is 44.1. The second-order valence-corrected chi connectivity index (χ2v) is 31.7. The van der Waals surface area contributed by atoms with Crippen LogP contribution in [0, 0.1) is 5.41 Å². The monoisotopic (exact) mass is 1690 g/mol. The topological polar surface area (TPSA) is 138 Å². The van der Waals surface area contributed by atoms with Gasteiger partial charge in [-0.05, 0) is 138 Å². The molecular weight excluding hydrogens is 1570 g/mol. The van der Waals surface area contributed by atoms with E-state index in [4.69, 9.17) is 71.1 Å². The molecule has 15 aromatic carbocycles. The van der Waals surface area contributed by atoms with Crippen LogP contribution < -0.4 is 23.7 Å². The molecule has 648 valence electrons. The fraction of sp³-hybridized carbons (Fsp3) is 0.279. The van der Waals surface area contributed by atoms with Gasteiger partial charge >= 0.3 is 0 Å². The van der Waals surface area contributed by atoms with Crippen LogP contribution in [0.5, 0.6) is 28.7 Å². The summed E-state index contributed by atoms with van der Waals surface area (Å²) in [5, 5.41) is 11.1. The Labute approximate surface area is 740 Å². The molecule has 4 saturated heterocycles. The highest BCUT2D eigenvalue weighted by Crippen LogP contribution is 2.52. The Morgan fingerprint density at radius 2 is 0.484 bits per heavy atom. The maximum absolute atomic E-state index is 6.55. The summed E-state index contributed by atoms with van der Waals surface area (Å²) in [5.74, 6) is -0.829. The summed E-state index contributed by atoms with van der Waals surface area (Å²) < 4.78 is 92.9. The van der Waals surface area contributed by atoms with Crippen LogP contribution in [0.2, 0.25) is 0 Å². The quantitative estimate of drug-likeness (QED) is 0.0594. The van der Waals surface area contributed by atoms with Gasteiger partial charge in [0.1, 0.15) is 28.7 Å². The number of ether oxygens (including phenoxy) is 15. The van der Waals surface area contributed by atoms with Crippen LogP contribution in [0.1, 0.15) is 123 Å². The van der Waals surface area contributed by atoms with Gasteiger partial charge in [-0.25, -0.2) is 0 Å². The number of hydrogen-bond donors (Lipinski definition) is 0. The molecule has 15 aromatic rings. The summed E-state index contributed by atoms with van der Waals surface area (Å²) in [6.07, 6.45) is 2.87. The highest BCUT2D eigenvalue weighted by Gasteiger charge is 2.49. The largest absolute Gasteiger partial charge is 0.493 e. The Balaban J connectivity index is 0.000000122. The summed E-state index contributed by atoms with van der Waals surface area (Å²) in [6.45, 7) is 22.2. The first kappa shape index (κ1) is 89.0. The van der Waals surface area contributed by atoms with E-state index >= 15 is 0 Å². The van der Waals surface area contributed by atoms with Crippen LogP contribution >= 0.6 is 0 Å². The van der Waals surface area contributed by atoms with Crippen molar-refractivity contribution in [2.75, 3.05) is 100 Å². The van der Waals surface area contributed by atoms with E-state index in [9.17, 15) is 0 Å². The van der Waals surface area contributed by atoms with Crippen molar-refractivity contribution in [2.45, 2.75) is 96.7 Å². The zero-order chi connectivity index (χ0) is 87.2. The lowest BCUT2D eigenvalue weighted by Gasteiger charge is -2.44. The predicted molar refractivity (Wildman–Crippen MR) is 501 cm³/mol. The maximum atomic E-state index is 6.55. The number of methoxy groups -OCH3 is 2. The average molecular weight is 1690 g/mol. The summed E-state index contributed by atoms with van der Waals surface area (Å²) >= 11 is 0. The third-order valence-corrected chi connectivity index (χ3v) is 23.0. The highest BCUT2D eigenvalue weighted by molar-refractivity contribution is 5.93. The van der Waals surface area contributed by atoms with Gasteiger partial charge in [0.15, 0.2) is 0 Å². The van der Waals surface area contributed by atoms with Crippen molar-refractivity contribution < 1.29 is 71.1 Å². The SMILES string of the molecule is CCOc1ccc2ccccc2c1C(OC)(OC)c1ccccc1.CCOc1ccc2ccccc2c1C1(c2ccccc2)OCC(C)(C)CO1.CCOc1ccc2ccccc2c1C1(c2ccccc2)OCCCCO1.CCOc1ccc2ccccc2c1C1(c2ccccc2)OCCCO1.CCOc1ccc2ccccc2c1C1(c2ccccc2)OCCO1. The minimum absolute atomic E-state index is 0.0331. The van der Waals surface area contributed by atoms with Crippen molar-refractivity contribution in [3.05, 3.63) is 389 Å². The highest BCUT2D eigenvalue weighted by atomic mass is 16.7. The molecule has 4 aliphatic heterocycles. The van der Waals surface area contributed by atoms with Crippen molar-refractivity contribution in [1.82, 2.24) is 0 Å². The van der Waals surface area contributed by atoms with Crippen LogP contribution in [0.3, 0.4) is 0 Å². The van der Waals surface area contributed by atoms with E-state index in [1.807, 2.05) is 229 Å². The fourth-order valence-corrected chi connectivity index (χ4v) is 17.4. The van der Waals surface area contributed by atoms with E-state index in [1.54, 1.807) is 14.2 Å². The Morgan fingerprint density at radius 1 is 0.246 bits per heavy atom. The smallest absolute Gasteiger partial charge is 0.226 e. The minimum atomic E-state index is -1.04. The molecule has 15 nitrogen and oxygen atoms in total. The van der Waals surface area contributed by atoms with Gasteiger partial charge in [-0.15, -0.1) is 0 Å². The number of hydrogen-bond acceptors (Lipinski definition) is 15. The summed E-state index contributed by atoms with van der Waals surface area (Å²) in [6, 6.07) is 113. The first-order valence-electron chi connectivity index (χ1n) is 44.1. The normalized spacial score (nSPS) is 16.1. The Morgan fingerprint density at radius 3 is 0.786 bits per heavy atom. The minimum Gasteiger partial charge on any atom is -0.493 e. The summed E-state index contributed by atoms with van der Waals surface area (Å²) in [7, 11) is 3.32. The Kier molecular flexibility index (Phi) is 29.4. The van der Waals surface area contributed by atoms with Gasteiger partial charge in [0.05, 0.1) is 114 Å². The van der Waals surface area contributed by atoms with Gasteiger partial charge in [0.25, 0.3) is 0 Å². The lowest BCUT2D eigenvalue weighted by atomic mass is 9.88. The third-order valence-electron chi connectivity index (χ3n) is 23.0. The zero-order valence-electron chi connectivity index (χ0n) is 73.7. The van der Waals surface area contributed by atoms with E-state index in [0.717, 1.165) is 158 Å². The van der Waals surface area contributed by atoms with Gasteiger partial charge in [0.2, 0.25) is 28.9 Å². The molecule has 19 rings (SSSR count). The van der Waals surface area contributed by atoms with Crippen LogP contribution in [0.15, 0.2) is 334 Å². The lowest BCUT2D eigenvalue weighted by molar-refractivity contribution is -0.284. The van der Waals surface area contributed by atoms with E-state index in [2.05, 4.69) is 153 Å². The van der Waals surface area contributed by atoms with Crippen LogP contribution in [-0.2, 0) is 76.3 Å². The zero-order valence-corrected chi connectivity index (χ0v) is 73.7. The van der Waals surface area contributed by atoms with Crippen LogP contribution in [-0.4, -0.2) is 100 Å². The van der Waals surface area contributed by atoms with Gasteiger partial charge in [0, 0.05) is 47.5 Å². The molecule has 0 spiro atoms. The summed E-state index contributed by atoms with van der Waals surface area (Å²) in [5.41, 5.74) is 9.56. The average Bonchev–Trinajstić information content (AvgIpc) is 1.75. The molecule has 0 unspecified atom stereocenters. The van der Waals surface area contributed by atoms with E-state index in [-0.39, 0.29) is 5.41 Å². The molecule has 0 bridgehead atoms. The predicted octanol–water partition coefficient (Wildman–Crippen LogP) is 24.9. The summed E-state index contributed by atoms with van der Waals surface area (Å²) in [4.78, 5) is 0. The molecule has 0 amide bonds. The van der Waals surface area contributed by atoms with Crippen molar-refractivity contribution in [3.8, 4) is 28.7 Å². The van der Waals surface area contributed by atoms with E-state index in [1.165, 1.54) is 0 Å². The molecule has 4 fully saturated rings. The molecule has 4 heterocycles. The molecule has 0 radical (unpaired) electrons. The maximum Gasteiger partial charge on any atom is 0.226 e. The van der Waals surface area contributed by atoms with Crippen molar-refractivity contribution >= 4 is 53.9 Å². The molecule has 0 aliphatic carbocycles. The molecule has 15 heteroatoms. The fourth-order valence-electron chi connectivity index (χ4n) is 17.4. The van der Waals surface area contributed by atoms with Crippen LogP contribution in [0.4, 0.5) is 0 Å². The third kappa shape index (κ3) is 18.6. The second-order valence-electron chi connectivity index (χ2n) is 31.7. The second kappa shape index (κ2) is 41.5. The number of fused-ring (bicyclic) bond motifs is 5. The molecule has 0 N–H and O–H groups in total. The van der Waals surface area contributed by atoms with Crippen molar-refractivity contribution in [3.63, 3.8) is 0 Å². The lowest BCUT2D eigenvalue weighted by Crippen LogP contribution is -2.46.